The Morgan fingerprint density at radius 1 is 1.07 bits per heavy atom. The summed E-state index contributed by atoms with van der Waals surface area (Å²) >= 11 is 6.26. The molecule has 2 aromatic rings. The van der Waals surface area contributed by atoms with Gasteiger partial charge in [0.05, 0.1) is 5.02 Å². The molecule has 0 unspecified atom stereocenters. The van der Waals surface area contributed by atoms with Crippen LogP contribution in [0.25, 0.3) is 10.8 Å². The van der Waals surface area contributed by atoms with E-state index >= 15 is 0 Å². The molecule has 2 rings (SSSR count). The third-order valence-electron chi connectivity index (χ3n) is 2.36. The summed E-state index contributed by atoms with van der Waals surface area (Å²) in [6, 6.07) is 12.3. The van der Waals surface area contributed by atoms with E-state index in [9.17, 15) is 0 Å². The van der Waals surface area contributed by atoms with Gasteiger partial charge < -0.3 is 5.73 Å². The van der Waals surface area contributed by atoms with Crippen molar-refractivity contribution in [3.63, 3.8) is 0 Å². The van der Waals surface area contributed by atoms with E-state index in [1.54, 1.807) is 0 Å². The Morgan fingerprint density at radius 3 is 2.53 bits per heavy atom. The smallest absolute Gasteiger partial charge is 0.0516 e. The van der Waals surface area contributed by atoms with Gasteiger partial charge in [-0.15, -0.1) is 12.4 Å². The van der Waals surface area contributed by atoms with Crippen LogP contribution in [0, 0.1) is 0 Å². The van der Waals surface area contributed by atoms with Gasteiger partial charge in [0.25, 0.3) is 0 Å². The summed E-state index contributed by atoms with van der Waals surface area (Å²) in [5.41, 5.74) is 6.65. The van der Waals surface area contributed by atoms with Crippen molar-refractivity contribution in [2.75, 3.05) is 6.54 Å². The molecule has 0 aliphatic rings. The third kappa shape index (κ3) is 2.43. The van der Waals surface area contributed by atoms with Crippen LogP contribution in [0.1, 0.15) is 5.56 Å². The van der Waals surface area contributed by atoms with Crippen LogP contribution in [0.15, 0.2) is 36.4 Å². The maximum absolute atomic E-state index is 6.26. The van der Waals surface area contributed by atoms with Crippen LogP contribution in [0.5, 0.6) is 0 Å². The Balaban J connectivity index is 0.00000112. The molecule has 0 fully saturated rings. The molecule has 2 N–H and O–H groups in total. The van der Waals surface area contributed by atoms with E-state index in [0.717, 1.165) is 22.4 Å². The molecule has 0 saturated carbocycles. The second-order valence-corrected chi connectivity index (χ2v) is 3.68. The molecule has 2 aromatic carbocycles. The van der Waals surface area contributed by atoms with Crippen molar-refractivity contribution in [1.82, 2.24) is 0 Å². The van der Waals surface area contributed by atoms with Gasteiger partial charge in [0, 0.05) is 5.39 Å². The lowest BCUT2D eigenvalue weighted by Gasteiger charge is -2.06. The van der Waals surface area contributed by atoms with Crippen molar-refractivity contribution in [2.45, 2.75) is 6.42 Å². The Hall–Kier alpha value is -0.760. The predicted octanol–water partition coefficient (Wildman–Crippen LogP) is 3.42. The molecule has 0 aromatic heterocycles. The van der Waals surface area contributed by atoms with Crippen LogP contribution >= 0.6 is 24.0 Å². The molecule has 0 bridgehead atoms. The number of nitrogens with two attached hydrogens (primary N) is 1. The van der Waals surface area contributed by atoms with Crippen molar-refractivity contribution < 1.29 is 0 Å². The first-order valence-corrected chi connectivity index (χ1v) is 5.07. The highest BCUT2D eigenvalue weighted by Crippen LogP contribution is 2.27. The normalized spacial score (nSPS) is 10.0. The molecular formula is C12H13Cl2N. The third-order valence-corrected chi connectivity index (χ3v) is 2.80. The zero-order chi connectivity index (χ0) is 9.97. The van der Waals surface area contributed by atoms with Gasteiger partial charge >= 0.3 is 0 Å². The quantitative estimate of drug-likeness (QED) is 0.857. The molecule has 0 amide bonds. The Bertz CT molecular complexity index is 454. The number of rotatable bonds is 2. The first-order valence-electron chi connectivity index (χ1n) is 4.69. The number of hydrogen-bond acceptors (Lipinski definition) is 1. The summed E-state index contributed by atoms with van der Waals surface area (Å²) in [6.07, 6.45) is 0.837. The van der Waals surface area contributed by atoms with Gasteiger partial charge in [-0.05, 0) is 23.9 Å². The maximum atomic E-state index is 6.26. The topological polar surface area (TPSA) is 26.0 Å². The largest absolute Gasteiger partial charge is 0.330 e. The highest BCUT2D eigenvalue weighted by atomic mass is 35.5. The standard InChI is InChI=1S/C12H12ClN.ClH/c13-12-10(7-8-14)6-5-9-3-1-2-4-11(9)12;/h1-6H,7-8,14H2;1H. The maximum Gasteiger partial charge on any atom is 0.0516 e. The summed E-state index contributed by atoms with van der Waals surface area (Å²) in [5, 5.41) is 3.13. The van der Waals surface area contributed by atoms with Gasteiger partial charge in [-0.3, -0.25) is 0 Å². The monoisotopic (exact) mass is 241 g/mol. The van der Waals surface area contributed by atoms with E-state index in [1.807, 2.05) is 18.2 Å². The summed E-state index contributed by atoms with van der Waals surface area (Å²) < 4.78 is 0. The van der Waals surface area contributed by atoms with E-state index < -0.39 is 0 Å². The minimum Gasteiger partial charge on any atom is -0.330 e. The second-order valence-electron chi connectivity index (χ2n) is 3.30. The fraction of sp³-hybridized carbons (Fsp3) is 0.167. The van der Waals surface area contributed by atoms with Gasteiger partial charge in [-0.2, -0.15) is 0 Å². The minimum absolute atomic E-state index is 0. The molecular weight excluding hydrogens is 229 g/mol. The van der Waals surface area contributed by atoms with Gasteiger partial charge in [-0.25, -0.2) is 0 Å². The van der Waals surface area contributed by atoms with Gasteiger partial charge in [-0.1, -0.05) is 48.0 Å². The molecule has 0 spiro atoms. The van der Waals surface area contributed by atoms with Crippen LogP contribution in [0.2, 0.25) is 5.02 Å². The summed E-state index contributed by atoms with van der Waals surface area (Å²) in [4.78, 5) is 0. The highest BCUT2D eigenvalue weighted by molar-refractivity contribution is 6.36. The fourth-order valence-corrected chi connectivity index (χ4v) is 1.96. The molecule has 1 nitrogen and oxygen atoms in total. The SMILES string of the molecule is Cl.NCCc1ccc2ccccc2c1Cl. The lowest BCUT2D eigenvalue weighted by molar-refractivity contribution is 0.971. The summed E-state index contributed by atoms with van der Waals surface area (Å²) in [5.74, 6) is 0. The van der Waals surface area contributed by atoms with E-state index in [0.29, 0.717) is 6.54 Å². The fourth-order valence-electron chi connectivity index (χ4n) is 1.63. The highest BCUT2D eigenvalue weighted by Gasteiger charge is 2.03. The molecule has 15 heavy (non-hydrogen) atoms. The van der Waals surface area contributed by atoms with Crippen molar-refractivity contribution in [1.29, 1.82) is 0 Å². The first-order chi connectivity index (χ1) is 6.83. The molecule has 0 aliphatic heterocycles. The molecule has 3 heteroatoms. The number of halogens is 2. The predicted molar refractivity (Wildman–Crippen MR) is 69.0 cm³/mol. The van der Waals surface area contributed by atoms with Gasteiger partial charge in [0.1, 0.15) is 0 Å². The molecule has 0 atom stereocenters. The summed E-state index contributed by atoms with van der Waals surface area (Å²) in [7, 11) is 0. The number of fused-ring (bicyclic) bond motifs is 1. The zero-order valence-electron chi connectivity index (χ0n) is 8.24. The van der Waals surface area contributed by atoms with Crippen molar-refractivity contribution >= 4 is 34.8 Å². The van der Waals surface area contributed by atoms with Gasteiger partial charge in [0.15, 0.2) is 0 Å². The Morgan fingerprint density at radius 2 is 1.80 bits per heavy atom. The average Bonchev–Trinajstić information content (AvgIpc) is 2.23. The van der Waals surface area contributed by atoms with E-state index in [4.69, 9.17) is 17.3 Å². The molecule has 0 aliphatic carbocycles. The molecule has 80 valence electrons. The Labute approximate surface area is 101 Å². The van der Waals surface area contributed by atoms with E-state index in [1.165, 1.54) is 5.39 Å². The number of benzene rings is 2. The first kappa shape index (κ1) is 12.3. The lowest BCUT2D eigenvalue weighted by atomic mass is 10.1. The van der Waals surface area contributed by atoms with E-state index in [2.05, 4.69) is 18.2 Å². The average molecular weight is 242 g/mol. The van der Waals surface area contributed by atoms with Crippen LogP contribution in [-0.4, -0.2) is 6.54 Å². The van der Waals surface area contributed by atoms with Crippen molar-refractivity contribution in [3.8, 4) is 0 Å². The van der Waals surface area contributed by atoms with Crippen LogP contribution in [0.4, 0.5) is 0 Å². The zero-order valence-corrected chi connectivity index (χ0v) is 9.81. The van der Waals surface area contributed by atoms with Crippen molar-refractivity contribution in [2.24, 2.45) is 5.73 Å². The lowest BCUT2D eigenvalue weighted by Crippen LogP contribution is -2.03. The summed E-state index contributed by atoms with van der Waals surface area (Å²) in [6.45, 7) is 0.637. The van der Waals surface area contributed by atoms with E-state index in [-0.39, 0.29) is 12.4 Å². The van der Waals surface area contributed by atoms with Crippen LogP contribution in [0.3, 0.4) is 0 Å². The van der Waals surface area contributed by atoms with Gasteiger partial charge in [0.2, 0.25) is 0 Å². The molecule has 0 heterocycles. The minimum atomic E-state index is 0. The molecule has 0 radical (unpaired) electrons. The van der Waals surface area contributed by atoms with Crippen molar-refractivity contribution in [3.05, 3.63) is 47.0 Å². The number of hydrogen-bond donors (Lipinski definition) is 1. The molecule has 0 saturated heterocycles. The van der Waals surface area contributed by atoms with Crippen LogP contribution in [-0.2, 0) is 6.42 Å². The Kier molecular flexibility index (Phi) is 4.40. The van der Waals surface area contributed by atoms with Crippen LogP contribution < -0.4 is 5.73 Å². The second kappa shape index (κ2) is 5.36.